The number of aliphatic carboxylic acids is 1. The van der Waals surface area contributed by atoms with Crippen molar-refractivity contribution in [2.24, 2.45) is 11.3 Å². The molecule has 1 aliphatic heterocycles. The molecule has 5 nitrogen and oxygen atoms in total. The number of carbonyl (C=O) groups excluding carboxylic acids is 1. The van der Waals surface area contributed by atoms with Crippen molar-refractivity contribution in [3.8, 4) is 0 Å². The summed E-state index contributed by atoms with van der Waals surface area (Å²) < 4.78 is 0. The number of nitrogens with zero attached hydrogens (tertiary/aromatic N) is 2. The molecule has 0 aromatic carbocycles. The molecular weight excluding hydrogens is 268 g/mol. The molecule has 1 rings (SSSR count). The Kier molecular flexibility index (Phi) is 6.20. The van der Waals surface area contributed by atoms with Gasteiger partial charge in [0.05, 0.1) is 6.54 Å². The van der Waals surface area contributed by atoms with E-state index in [2.05, 4.69) is 34.6 Å². The van der Waals surface area contributed by atoms with Crippen molar-refractivity contribution >= 4 is 11.9 Å². The van der Waals surface area contributed by atoms with Crippen LogP contribution >= 0.6 is 0 Å². The Balaban J connectivity index is 2.60. The maximum absolute atomic E-state index is 12.7. The van der Waals surface area contributed by atoms with Gasteiger partial charge in [-0.3, -0.25) is 14.5 Å². The molecule has 0 unspecified atom stereocenters. The molecule has 0 spiro atoms. The highest BCUT2D eigenvalue weighted by molar-refractivity contribution is 5.79. The summed E-state index contributed by atoms with van der Waals surface area (Å²) in [5.74, 6) is -0.522. The predicted octanol–water partition coefficient (Wildman–Crippen LogP) is 2.07. The molecule has 0 radical (unpaired) electrons. The molecule has 122 valence electrons. The van der Waals surface area contributed by atoms with Crippen LogP contribution in [0.3, 0.4) is 0 Å². The minimum atomic E-state index is -0.795. The molecule has 0 atom stereocenters. The van der Waals surface area contributed by atoms with Crippen molar-refractivity contribution in [1.82, 2.24) is 9.80 Å². The Hall–Kier alpha value is -1.10. The molecule has 0 saturated carbocycles. The summed E-state index contributed by atoms with van der Waals surface area (Å²) in [7, 11) is 0. The van der Waals surface area contributed by atoms with Crippen LogP contribution < -0.4 is 0 Å². The number of carboxylic acid groups (broad SMARTS) is 1. The zero-order chi connectivity index (χ0) is 16.2. The summed E-state index contributed by atoms with van der Waals surface area (Å²) in [6, 6.07) is 0.203. The number of likely N-dealkylation sites (tertiary alicyclic amines) is 1. The molecule has 1 heterocycles. The Bertz CT molecular complexity index is 366. The Morgan fingerprint density at radius 1 is 1.24 bits per heavy atom. The monoisotopic (exact) mass is 298 g/mol. The number of piperidine rings is 1. The molecule has 1 saturated heterocycles. The molecule has 5 heteroatoms. The maximum Gasteiger partial charge on any atom is 0.317 e. The highest BCUT2D eigenvalue weighted by Crippen LogP contribution is 2.24. The third-order valence-electron chi connectivity index (χ3n) is 3.85. The molecule has 21 heavy (non-hydrogen) atoms. The van der Waals surface area contributed by atoms with Crippen molar-refractivity contribution in [2.75, 3.05) is 26.2 Å². The van der Waals surface area contributed by atoms with Gasteiger partial charge in [-0.2, -0.15) is 0 Å². The first-order valence-electron chi connectivity index (χ1n) is 7.85. The normalized spacial score (nSPS) is 18.0. The zero-order valence-electron chi connectivity index (χ0n) is 14.1. The molecule has 1 amide bonds. The van der Waals surface area contributed by atoms with Crippen LogP contribution in [-0.2, 0) is 9.59 Å². The predicted molar refractivity (Wildman–Crippen MR) is 83.1 cm³/mol. The fraction of sp³-hybridized carbons (Fsp3) is 0.875. The van der Waals surface area contributed by atoms with Gasteiger partial charge < -0.3 is 10.0 Å². The second-order valence-electron chi connectivity index (χ2n) is 7.56. The third-order valence-corrected chi connectivity index (χ3v) is 3.85. The van der Waals surface area contributed by atoms with E-state index in [0.29, 0.717) is 13.1 Å². The van der Waals surface area contributed by atoms with Crippen molar-refractivity contribution in [2.45, 2.75) is 53.5 Å². The molecule has 1 aliphatic rings. The molecule has 1 N–H and O–H groups in total. The molecule has 0 aliphatic carbocycles. The summed E-state index contributed by atoms with van der Waals surface area (Å²) in [6.45, 7) is 12.8. The van der Waals surface area contributed by atoms with E-state index in [0.717, 1.165) is 19.4 Å². The number of carbonyl (C=O) groups is 2. The van der Waals surface area contributed by atoms with Crippen LogP contribution in [0.1, 0.15) is 47.5 Å². The number of carboxylic acids is 1. The lowest BCUT2D eigenvalue weighted by Crippen LogP contribution is -2.48. The van der Waals surface area contributed by atoms with Gasteiger partial charge in [-0.1, -0.05) is 20.8 Å². The Morgan fingerprint density at radius 3 is 2.14 bits per heavy atom. The lowest BCUT2D eigenvalue weighted by Gasteiger charge is -2.38. The van der Waals surface area contributed by atoms with E-state index in [1.807, 2.05) is 9.80 Å². The molecule has 0 bridgehead atoms. The van der Waals surface area contributed by atoms with Crippen molar-refractivity contribution in [3.63, 3.8) is 0 Å². The van der Waals surface area contributed by atoms with Crippen molar-refractivity contribution < 1.29 is 14.7 Å². The lowest BCUT2D eigenvalue weighted by molar-refractivity contribution is -0.141. The molecular formula is C16H30N2O3. The topological polar surface area (TPSA) is 60.9 Å². The number of amides is 1. The second-order valence-corrected chi connectivity index (χ2v) is 7.56. The molecule has 0 aromatic heterocycles. The number of hydrogen-bond acceptors (Lipinski definition) is 3. The summed E-state index contributed by atoms with van der Waals surface area (Å²) in [6.07, 6.45) is 1.53. The first-order valence-corrected chi connectivity index (χ1v) is 7.85. The van der Waals surface area contributed by atoms with Gasteiger partial charge in [-0.15, -0.1) is 0 Å². The van der Waals surface area contributed by atoms with Gasteiger partial charge in [0, 0.05) is 18.5 Å². The van der Waals surface area contributed by atoms with E-state index in [9.17, 15) is 9.59 Å². The van der Waals surface area contributed by atoms with Crippen LogP contribution in [0.5, 0.6) is 0 Å². The third kappa shape index (κ3) is 6.04. The maximum atomic E-state index is 12.7. The molecule has 0 aromatic rings. The zero-order valence-corrected chi connectivity index (χ0v) is 14.1. The standard InChI is InChI=1S/C16H30N2O3/c1-12(2)18(11-16(3,4)5)15(21)13-6-8-17(9-7-13)10-14(19)20/h12-13H,6-11H2,1-5H3,(H,19,20). The number of rotatable bonds is 5. The van der Waals surface area contributed by atoms with Gasteiger partial charge in [-0.05, 0) is 45.2 Å². The minimum Gasteiger partial charge on any atom is -0.480 e. The summed E-state index contributed by atoms with van der Waals surface area (Å²) in [5.41, 5.74) is 0.0872. The van der Waals surface area contributed by atoms with E-state index >= 15 is 0 Å². The first kappa shape index (κ1) is 18.0. The van der Waals surface area contributed by atoms with Gasteiger partial charge in [0.15, 0.2) is 0 Å². The van der Waals surface area contributed by atoms with Crippen LogP contribution in [0, 0.1) is 11.3 Å². The number of hydrogen-bond donors (Lipinski definition) is 1. The lowest BCUT2D eigenvalue weighted by atomic mass is 9.91. The summed E-state index contributed by atoms with van der Waals surface area (Å²) in [5, 5.41) is 8.81. The second kappa shape index (κ2) is 7.25. The van der Waals surface area contributed by atoms with E-state index in [1.165, 1.54) is 0 Å². The average Bonchev–Trinajstić information content (AvgIpc) is 2.34. The van der Waals surface area contributed by atoms with Gasteiger partial charge >= 0.3 is 5.97 Å². The van der Waals surface area contributed by atoms with E-state index < -0.39 is 5.97 Å². The fourth-order valence-corrected chi connectivity index (χ4v) is 2.79. The van der Waals surface area contributed by atoms with E-state index in [4.69, 9.17) is 5.11 Å². The van der Waals surface area contributed by atoms with Gasteiger partial charge in [-0.25, -0.2) is 0 Å². The van der Waals surface area contributed by atoms with Crippen LogP contribution in [0.2, 0.25) is 0 Å². The SMILES string of the molecule is CC(C)N(CC(C)(C)C)C(=O)C1CCN(CC(=O)O)CC1. The highest BCUT2D eigenvalue weighted by atomic mass is 16.4. The van der Waals surface area contributed by atoms with Crippen LogP contribution in [0.25, 0.3) is 0 Å². The minimum absolute atomic E-state index is 0.0415. The average molecular weight is 298 g/mol. The Labute approximate surface area is 128 Å². The van der Waals surface area contributed by atoms with Crippen molar-refractivity contribution in [1.29, 1.82) is 0 Å². The van der Waals surface area contributed by atoms with Crippen LogP contribution in [0.4, 0.5) is 0 Å². The van der Waals surface area contributed by atoms with Gasteiger partial charge in [0.25, 0.3) is 0 Å². The smallest absolute Gasteiger partial charge is 0.317 e. The summed E-state index contributed by atoms with van der Waals surface area (Å²) >= 11 is 0. The fourth-order valence-electron chi connectivity index (χ4n) is 2.79. The highest BCUT2D eigenvalue weighted by Gasteiger charge is 2.31. The van der Waals surface area contributed by atoms with E-state index in [-0.39, 0.29) is 29.8 Å². The van der Waals surface area contributed by atoms with Crippen LogP contribution in [0.15, 0.2) is 0 Å². The van der Waals surface area contributed by atoms with Crippen LogP contribution in [-0.4, -0.2) is 59.0 Å². The van der Waals surface area contributed by atoms with Crippen molar-refractivity contribution in [3.05, 3.63) is 0 Å². The van der Waals surface area contributed by atoms with Gasteiger partial charge in [0.1, 0.15) is 0 Å². The van der Waals surface area contributed by atoms with E-state index in [1.54, 1.807) is 0 Å². The molecule has 1 fully saturated rings. The quantitative estimate of drug-likeness (QED) is 0.844. The Morgan fingerprint density at radius 2 is 1.76 bits per heavy atom. The summed E-state index contributed by atoms with van der Waals surface area (Å²) in [4.78, 5) is 27.4. The first-order chi connectivity index (χ1) is 9.60. The largest absolute Gasteiger partial charge is 0.480 e. The van der Waals surface area contributed by atoms with Gasteiger partial charge in [0.2, 0.25) is 5.91 Å².